The maximum Gasteiger partial charge on any atom is 0.244 e. The van der Waals surface area contributed by atoms with Gasteiger partial charge in [0.1, 0.15) is 18.1 Å². The normalized spacial score (nSPS) is 13.4. The molecule has 7 nitrogen and oxygen atoms in total. The van der Waals surface area contributed by atoms with Gasteiger partial charge in [-0.3, -0.25) is 14.4 Å². The number of nitrogens with one attached hydrogen (secondary N) is 2. The molecule has 0 saturated carbocycles. The van der Waals surface area contributed by atoms with Crippen LogP contribution in [0.1, 0.15) is 30.0 Å². The highest BCUT2D eigenvalue weighted by molar-refractivity contribution is 6.10. The van der Waals surface area contributed by atoms with Crippen molar-refractivity contribution in [2.45, 2.75) is 25.3 Å². The van der Waals surface area contributed by atoms with Gasteiger partial charge in [-0.1, -0.05) is 36.4 Å². The first-order chi connectivity index (χ1) is 16.9. The van der Waals surface area contributed by atoms with Crippen molar-refractivity contribution in [3.8, 4) is 5.75 Å². The Morgan fingerprint density at radius 1 is 1.03 bits per heavy atom. The second-order valence-corrected chi connectivity index (χ2v) is 8.27. The fraction of sp³-hybridized carbons (Fsp3) is 0.222. The quantitative estimate of drug-likeness (QED) is 0.516. The van der Waals surface area contributed by atoms with E-state index in [4.69, 9.17) is 4.74 Å². The number of hydrogen-bond acceptors (Lipinski definition) is 4. The van der Waals surface area contributed by atoms with Crippen molar-refractivity contribution in [1.82, 2.24) is 5.32 Å². The van der Waals surface area contributed by atoms with Crippen molar-refractivity contribution in [2.75, 3.05) is 23.9 Å². The van der Waals surface area contributed by atoms with Crippen LogP contribution in [0.3, 0.4) is 0 Å². The number of benzene rings is 3. The molecule has 1 aliphatic heterocycles. The summed E-state index contributed by atoms with van der Waals surface area (Å²) in [5.74, 6) is -0.513. The van der Waals surface area contributed by atoms with Gasteiger partial charge >= 0.3 is 0 Å². The molecule has 8 heteroatoms. The lowest BCUT2D eigenvalue weighted by atomic mass is 9.98. The number of halogens is 1. The summed E-state index contributed by atoms with van der Waals surface area (Å²) in [7, 11) is 1.58. The van der Waals surface area contributed by atoms with E-state index in [1.54, 1.807) is 43.5 Å². The molecule has 1 heterocycles. The third-order valence-electron chi connectivity index (χ3n) is 5.84. The number of anilines is 2. The fourth-order valence-electron chi connectivity index (χ4n) is 4.02. The zero-order valence-corrected chi connectivity index (χ0v) is 19.3. The zero-order chi connectivity index (χ0) is 24.8. The molecule has 0 aromatic heterocycles. The van der Waals surface area contributed by atoms with E-state index in [9.17, 15) is 18.8 Å². The van der Waals surface area contributed by atoms with Gasteiger partial charge < -0.3 is 20.3 Å². The van der Waals surface area contributed by atoms with Crippen LogP contribution in [0.5, 0.6) is 5.75 Å². The first kappa shape index (κ1) is 23.9. The molecule has 0 saturated heterocycles. The highest BCUT2D eigenvalue weighted by Crippen LogP contribution is 2.29. The van der Waals surface area contributed by atoms with E-state index in [-0.39, 0.29) is 49.0 Å². The summed E-state index contributed by atoms with van der Waals surface area (Å²) in [4.78, 5) is 39.1. The highest BCUT2D eigenvalue weighted by atomic mass is 19.1. The maximum atomic E-state index is 13.3. The number of fused-ring (bicyclic) bond motifs is 1. The topological polar surface area (TPSA) is 87.7 Å². The van der Waals surface area contributed by atoms with Crippen molar-refractivity contribution in [3.63, 3.8) is 0 Å². The number of carbonyl (C=O) groups is 3. The summed E-state index contributed by atoms with van der Waals surface area (Å²) >= 11 is 0. The number of ether oxygens (including phenoxy) is 1. The van der Waals surface area contributed by atoms with E-state index >= 15 is 0 Å². The maximum absolute atomic E-state index is 13.3. The first-order valence-electron chi connectivity index (χ1n) is 11.3. The number of rotatable bonds is 8. The van der Waals surface area contributed by atoms with Crippen LogP contribution < -0.4 is 20.3 Å². The zero-order valence-electron chi connectivity index (χ0n) is 19.3. The lowest BCUT2D eigenvalue weighted by molar-refractivity contribution is -0.126. The van der Waals surface area contributed by atoms with Crippen molar-refractivity contribution in [1.29, 1.82) is 0 Å². The van der Waals surface area contributed by atoms with Crippen molar-refractivity contribution >= 4 is 29.1 Å². The molecule has 0 fully saturated rings. The highest BCUT2D eigenvalue weighted by Gasteiger charge is 2.27. The van der Waals surface area contributed by atoms with Gasteiger partial charge in [0, 0.05) is 12.8 Å². The molecule has 0 radical (unpaired) electrons. The molecular weight excluding hydrogens is 449 g/mol. The van der Waals surface area contributed by atoms with Gasteiger partial charge in [-0.05, 0) is 53.9 Å². The SMILES string of the molecule is COc1ccc(C(Cc2ccc(F)cc2)NC(=O)CCC(=O)N2CC(=O)Nc3ccccc32)cc1. The Bertz CT molecular complexity index is 1210. The first-order valence-corrected chi connectivity index (χ1v) is 11.3. The third-order valence-corrected chi connectivity index (χ3v) is 5.84. The van der Waals surface area contributed by atoms with Crippen LogP contribution in [-0.2, 0) is 20.8 Å². The minimum atomic E-state index is -0.379. The van der Waals surface area contributed by atoms with E-state index in [0.717, 1.165) is 11.1 Å². The van der Waals surface area contributed by atoms with Gasteiger partial charge in [0.15, 0.2) is 0 Å². The average Bonchev–Trinajstić information content (AvgIpc) is 2.87. The van der Waals surface area contributed by atoms with Crippen molar-refractivity contribution < 1.29 is 23.5 Å². The number of nitrogens with zero attached hydrogens (tertiary/aromatic N) is 1. The van der Waals surface area contributed by atoms with E-state index in [1.165, 1.54) is 17.0 Å². The summed E-state index contributed by atoms with van der Waals surface area (Å²) in [6, 6.07) is 20.1. The fourth-order valence-corrected chi connectivity index (χ4v) is 4.02. The van der Waals surface area contributed by atoms with Crippen molar-refractivity contribution in [3.05, 3.63) is 89.7 Å². The molecule has 1 aliphatic rings. The number of para-hydroxylation sites is 2. The molecule has 0 spiro atoms. The summed E-state index contributed by atoms with van der Waals surface area (Å²) in [6.07, 6.45) is 0.375. The molecular formula is C27H26FN3O4. The lowest BCUT2D eigenvalue weighted by Gasteiger charge is -2.29. The number of hydrogen-bond donors (Lipinski definition) is 2. The molecule has 3 aromatic carbocycles. The van der Waals surface area contributed by atoms with E-state index in [1.807, 2.05) is 24.3 Å². The largest absolute Gasteiger partial charge is 0.497 e. The molecule has 0 bridgehead atoms. The van der Waals surface area contributed by atoms with Crippen LogP contribution in [0, 0.1) is 5.82 Å². The second kappa shape index (κ2) is 10.8. The van der Waals surface area contributed by atoms with Crippen LogP contribution in [0.4, 0.5) is 15.8 Å². The van der Waals surface area contributed by atoms with E-state index < -0.39 is 0 Å². The van der Waals surface area contributed by atoms with Gasteiger partial charge in [-0.25, -0.2) is 4.39 Å². The Hall–Kier alpha value is -4.20. The molecule has 3 amide bonds. The monoisotopic (exact) mass is 475 g/mol. The molecule has 0 aliphatic carbocycles. The van der Waals surface area contributed by atoms with Crippen molar-refractivity contribution in [2.24, 2.45) is 0 Å². The summed E-state index contributed by atoms with van der Waals surface area (Å²) in [5, 5.41) is 5.74. The van der Waals surface area contributed by atoms with Crippen LogP contribution in [-0.4, -0.2) is 31.4 Å². The number of methoxy groups -OCH3 is 1. The lowest BCUT2D eigenvalue weighted by Crippen LogP contribution is -2.42. The van der Waals surface area contributed by atoms with E-state index in [0.29, 0.717) is 23.5 Å². The van der Waals surface area contributed by atoms with Gasteiger partial charge in [0.2, 0.25) is 17.7 Å². The Labute approximate surface area is 202 Å². The van der Waals surface area contributed by atoms with E-state index in [2.05, 4.69) is 10.6 Å². The Balaban J connectivity index is 1.43. The van der Waals surface area contributed by atoms with Gasteiger partial charge in [-0.15, -0.1) is 0 Å². The van der Waals surface area contributed by atoms with Gasteiger partial charge in [0.25, 0.3) is 0 Å². The molecule has 1 atom stereocenters. The smallest absolute Gasteiger partial charge is 0.244 e. The Morgan fingerprint density at radius 3 is 2.46 bits per heavy atom. The third kappa shape index (κ3) is 6.03. The van der Waals surface area contributed by atoms with Crippen LogP contribution in [0.2, 0.25) is 0 Å². The van der Waals surface area contributed by atoms with Gasteiger partial charge in [-0.2, -0.15) is 0 Å². The predicted octanol–water partition coefficient (Wildman–Crippen LogP) is 4.00. The number of amides is 3. The summed E-state index contributed by atoms with van der Waals surface area (Å²) in [5.41, 5.74) is 2.90. The Morgan fingerprint density at radius 2 is 1.74 bits per heavy atom. The van der Waals surface area contributed by atoms with Crippen LogP contribution >= 0.6 is 0 Å². The molecule has 180 valence electrons. The van der Waals surface area contributed by atoms with Crippen LogP contribution in [0.25, 0.3) is 0 Å². The molecule has 2 N–H and O–H groups in total. The minimum Gasteiger partial charge on any atom is -0.497 e. The standard InChI is InChI=1S/C27H26FN3O4/c1-35-21-12-8-19(9-13-21)23(16-18-6-10-20(28)11-7-18)30-25(32)14-15-27(34)31-17-26(33)29-22-4-2-3-5-24(22)31/h2-13,23H,14-17H2,1H3,(H,29,33)(H,30,32). The minimum absolute atomic E-state index is 0.0325. The molecule has 4 rings (SSSR count). The summed E-state index contributed by atoms with van der Waals surface area (Å²) in [6.45, 7) is -0.0868. The predicted molar refractivity (Wildman–Crippen MR) is 131 cm³/mol. The average molecular weight is 476 g/mol. The molecule has 1 unspecified atom stereocenters. The van der Waals surface area contributed by atoms with Crippen LogP contribution in [0.15, 0.2) is 72.8 Å². The summed E-state index contributed by atoms with van der Waals surface area (Å²) < 4.78 is 18.6. The second-order valence-electron chi connectivity index (χ2n) is 8.27. The Kier molecular flexibility index (Phi) is 7.40. The molecule has 35 heavy (non-hydrogen) atoms. The van der Waals surface area contributed by atoms with Gasteiger partial charge in [0.05, 0.1) is 24.5 Å². The number of carbonyl (C=O) groups excluding carboxylic acids is 3. The molecule has 3 aromatic rings.